The molecular formula is C6H10N2O. The summed E-state index contributed by atoms with van der Waals surface area (Å²) < 4.78 is 0. The fourth-order valence-corrected chi connectivity index (χ4v) is 0.840. The molecule has 0 spiro atoms. The van der Waals surface area contributed by atoms with Crippen molar-refractivity contribution >= 4 is 12.2 Å². The van der Waals surface area contributed by atoms with Gasteiger partial charge in [0.2, 0.25) is 0 Å². The largest absolute Gasteiger partial charge is 0.365 e. The predicted octanol–water partition coefficient (Wildman–Crippen LogP) is 0.123. The summed E-state index contributed by atoms with van der Waals surface area (Å²) in [6, 6.07) is 0. The Bertz CT molecular complexity index is 153. The molecule has 0 aromatic carbocycles. The van der Waals surface area contributed by atoms with E-state index in [1.54, 1.807) is 6.34 Å². The van der Waals surface area contributed by atoms with Crippen molar-refractivity contribution in [3.05, 3.63) is 0 Å². The quantitative estimate of drug-likeness (QED) is 0.462. The van der Waals surface area contributed by atoms with Gasteiger partial charge in [0.15, 0.2) is 0 Å². The molecule has 1 heterocycles. The highest BCUT2D eigenvalue weighted by molar-refractivity contribution is 5.88. The summed E-state index contributed by atoms with van der Waals surface area (Å²) in [7, 11) is 1.91. The topological polar surface area (TPSA) is 32.7 Å². The van der Waals surface area contributed by atoms with E-state index in [-0.39, 0.29) is 11.8 Å². The first kappa shape index (κ1) is 6.26. The van der Waals surface area contributed by atoms with Crippen LogP contribution in [-0.4, -0.2) is 30.7 Å². The van der Waals surface area contributed by atoms with Crippen LogP contribution in [0.25, 0.3) is 0 Å². The van der Waals surface area contributed by atoms with Gasteiger partial charge in [-0.3, -0.25) is 4.79 Å². The van der Waals surface area contributed by atoms with E-state index in [1.165, 1.54) is 0 Å². The number of amides is 1. The first-order chi connectivity index (χ1) is 4.20. The van der Waals surface area contributed by atoms with E-state index in [0.717, 1.165) is 6.54 Å². The van der Waals surface area contributed by atoms with E-state index < -0.39 is 0 Å². The van der Waals surface area contributed by atoms with Crippen molar-refractivity contribution in [2.75, 3.05) is 13.6 Å². The maximum absolute atomic E-state index is 10.7. The van der Waals surface area contributed by atoms with Crippen molar-refractivity contribution in [3.8, 4) is 0 Å². The van der Waals surface area contributed by atoms with Crippen LogP contribution >= 0.6 is 0 Å². The number of carbonyl (C=O) groups excluding carboxylic acids is 1. The summed E-state index contributed by atoms with van der Waals surface area (Å²) in [5, 5.41) is 0. The van der Waals surface area contributed by atoms with Gasteiger partial charge in [0.05, 0.1) is 12.3 Å². The summed E-state index contributed by atoms with van der Waals surface area (Å²) >= 11 is 0. The van der Waals surface area contributed by atoms with Gasteiger partial charge >= 0.3 is 0 Å². The van der Waals surface area contributed by atoms with Crippen LogP contribution in [-0.2, 0) is 4.79 Å². The van der Waals surface area contributed by atoms with E-state index >= 15 is 0 Å². The van der Waals surface area contributed by atoms with Crippen LogP contribution in [0.4, 0.5) is 0 Å². The zero-order valence-corrected chi connectivity index (χ0v) is 5.66. The molecule has 0 N–H and O–H groups in total. The Hall–Kier alpha value is -0.860. The van der Waals surface area contributed by atoms with Crippen LogP contribution in [0.3, 0.4) is 0 Å². The summed E-state index contributed by atoms with van der Waals surface area (Å²) in [6.07, 6.45) is 1.57. The second-order valence-electron chi connectivity index (χ2n) is 2.42. The Morgan fingerprint density at radius 3 is 3.00 bits per heavy atom. The minimum Gasteiger partial charge on any atom is -0.365 e. The molecule has 9 heavy (non-hydrogen) atoms. The molecule has 1 amide bonds. The molecule has 1 rings (SSSR count). The lowest BCUT2D eigenvalue weighted by Crippen LogP contribution is -2.31. The fraction of sp³-hybridized carbons (Fsp3) is 0.667. The van der Waals surface area contributed by atoms with E-state index in [0.29, 0.717) is 0 Å². The Morgan fingerprint density at radius 1 is 1.89 bits per heavy atom. The Morgan fingerprint density at radius 2 is 2.56 bits per heavy atom. The Labute approximate surface area is 54.4 Å². The van der Waals surface area contributed by atoms with Crippen LogP contribution in [0.15, 0.2) is 4.99 Å². The molecule has 0 aromatic heterocycles. The van der Waals surface area contributed by atoms with Crippen molar-refractivity contribution < 1.29 is 4.79 Å². The van der Waals surface area contributed by atoms with E-state index in [4.69, 9.17) is 0 Å². The maximum Gasteiger partial charge on any atom is 0.251 e. The standard InChI is InChI=1S/C6H10N2O/c1-5-3-8(2)4-7-6(5)9/h4-5H,3H2,1-2H3/t5-/m0/s1. The van der Waals surface area contributed by atoms with E-state index in [2.05, 4.69) is 4.99 Å². The third kappa shape index (κ3) is 1.28. The molecule has 0 saturated carbocycles. The molecule has 0 aliphatic carbocycles. The van der Waals surface area contributed by atoms with Gasteiger partial charge in [-0.1, -0.05) is 6.92 Å². The van der Waals surface area contributed by atoms with Crippen molar-refractivity contribution in [1.82, 2.24) is 4.90 Å². The summed E-state index contributed by atoms with van der Waals surface area (Å²) in [5.74, 6) is 0.0631. The second kappa shape index (κ2) is 2.17. The minimum atomic E-state index is -0.00639. The van der Waals surface area contributed by atoms with Gasteiger partial charge < -0.3 is 4.90 Å². The lowest BCUT2D eigenvalue weighted by molar-refractivity contribution is -0.121. The molecule has 50 valence electrons. The smallest absolute Gasteiger partial charge is 0.251 e. The SMILES string of the molecule is C[C@H]1CN(C)C=NC1=O. The highest BCUT2D eigenvalue weighted by Crippen LogP contribution is 2.03. The lowest BCUT2D eigenvalue weighted by atomic mass is 10.1. The molecule has 3 heteroatoms. The highest BCUT2D eigenvalue weighted by atomic mass is 16.1. The second-order valence-corrected chi connectivity index (χ2v) is 2.42. The van der Waals surface area contributed by atoms with E-state index in [9.17, 15) is 4.79 Å². The van der Waals surface area contributed by atoms with Crippen LogP contribution in [0.5, 0.6) is 0 Å². The van der Waals surface area contributed by atoms with Crippen molar-refractivity contribution in [1.29, 1.82) is 0 Å². The Kier molecular flexibility index (Phi) is 1.51. The zero-order chi connectivity index (χ0) is 6.85. The third-order valence-corrected chi connectivity index (χ3v) is 1.37. The number of hydrogen-bond donors (Lipinski definition) is 0. The highest BCUT2D eigenvalue weighted by Gasteiger charge is 2.16. The molecule has 1 atom stereocenters. The van der Waals surface area contributed by atoms with Gasteiger partial charge in [-0.05, 0) is 0 Å². The van der Waals surface area contributed by atoms with E-state index in [1.807, 2.05) is 18.9 Å². The molecule has 0 saturated heterocycles. The number of hydrogen-bond acceptors (Lipinski definition) is 2. The molecule has 1 aliphatic heterocycles. The predicted molar refractivity (Wildman–Crippen MR) is 35.3 cm³/mol. The number of nitrogens with zero attached hydrogens (tertiary/aromatic N) is 2. The van der Waals surface area contributed by atoms with Crippen LogP contribution in [0, 0.1) is 5.92 Å². The van der Waals surface area contributed by atoms with Crippen molar-refractivity contribution in [2.24, 2.45) is 10.9 Å². The van der Waals surface area contributed by atoms with Crippen molar-refractivity contribution in [2.45, 2.75) is 6.92 Å². The summed E-state index contributed by atoms with van der Waals surface area (Å²) in [4.78, 5) is 16.3. The average Bonchev–Trinajstić information content (AvgIpc) is 1.80. The van der Waals surface area contributed by atoms with Gasteiger partial charge in [0.1, 0.15) is 0 Å². The van der Waals surface area contributed by atoms with Gasteiger partial charge in [0.25, 0.3) is 5.91 Å². The van der Waals surface area contributed by atoms with Gasteiger partial charge in [-0.15, -0.1) is 0 Å². The monoisotopic (exact) mass is 126 g/mol. The van der Waals surface area contributed by atoms with Gasteiger partial charge in [0, 0.05) is 13.6 Å². The number of rotatable bonds is 0. The fourth-order valence-electron chi connectivity index (χ4n) is 0.840. The minimum absolute atomic E-state index is 0.00639. The van der Waals surface area contributed by atoms with Crippen molar-refractivity contribution in [3.63, 3.8) is 0 Å². The molecule has 0 aromatic rings. The molecule has 1 aliphatic rings. The number of aliphatic imine (C=N–C) groups is 1. The molecule has 3 nitrogen and oxygen atoms in total. The van der Waals surface area contributed by atoms with Gasteiger partial charge in [-0.2, -0.15) is 0 Å². The summed E-state index contributed by atoms with van der Waals surface area (Å²) in [5.41, 5.74) is 0. The zero-order valence-electron chi connectivity index (χ0n) is 5.66. The van der Waals surface area contributed by atoms with Gasteiger partial charge in [-0.25, -0.2) is 4.99 Å². The van der Waals surface area contributed by atoms with Crippen LogP contribution in [0.1, 0.15) is 6.92 Å². The lowest BCUT2D eigenvalue weighted by Gasteiger charge is -2.20. The van der Waals surface area contributed by atoms with Crippen LogP contribution in [0.2, 0.25) is 0 Å². The van der Waals surface area contributed by atoms with Crippen LogP contribution < -0.4 is 0 Å². The molecule has 0 bridgehead atoms. The molecule has 0 fully saturated rings. The summed E-state index contributed by atoms with van der Waals surface area (Å²) in [6.45, 7) is 2.68. The number of carbonyl (C=O) groups is 1. The maximum atomic E-state index is 10.7. The molecular weight excluding hydrogens is 116 g/mol. The normalized spacial score (nSPS) is 27.1. The average molecular weight is 126 g/mol. The Balaban J connectivity index is 2.65. The first-order valence-electron chi connectivity index (χ1n) is 2.98. The third-order valence-electron chi connectivity index (χ3n) is 1.37. The first-order valence-corrected chi connectivity index (χ1v) is 2.98. The molecule has 0 radical (unpaired) electrons. The molecule has 0 unspecified atom stereocenters.